The summed E-state index contributed by atoms with van der Waals surface area (Å²) in [6, 6.07) is 7.15. The zero-order valence-electron chi connectivity index (χ0n) is 14.9. The summed E-state index contributed by atoms with van der Waals surface area (Å²) in [5.41, 5.74) is 1.15. The van der Waals surface area contributed by atoms with Crippen molar-refractivity contribution in [1.82, 2.24) is 14.7 Å². The van der Waals surface area contributed by atoms with E-state index in [1.165, 1.54) is 13.2 Å². The van der Waals surface area contributed by atoms with Gasteiger partial charge >= 0.3 is 6.18 Å². The van der Waals surface area contributed by atoms with E-state index in [4.69, 9.17) is 0 Å². The lowest BCUT2D eigenvalue weighted by molar-refractivity contribution is -0.142. The number of hydrogen-bond donors (Lipinski definition) is 0. The molecule has 8 heteroatoms. The van der Waals surface area contributed by atoms with Crippen molar-refractivity contribution in [1.29, 1.82) is 0 Å². The van der Waals surface area contributed by atoms with E-state index in [-0.39, 0.29) is 18.0 Å². The van der Waals surface area contributed by atoms with Crippen molar-refractivity contribution >= 4 is 11.6 Å². The maximum Gasteiger partial charge on any atom is 0.435 e. The zero-order valence-corrected chi connectivity index (χ0v) is 14.9. The molecule has 3 rings (SSSR count). The highest BCUT2D eigenvalue weighted by atomic mass is 19.4. The fraction of sp³-hybridized carbons (Fsp3) is 0.444. The quantitative estimate of drug-likeness (QED) is 0.836. The fourth-order valence-electron chi connectivity index (χ4n) is 3.28. The van der Waals surface area contributed by atoms with Gasteiger partial charge in [0.15, 0.2) is 5.69 Å². The number of aromatic nitrogens is 2. The number of aryl methyl sites for hydroxylation is 1. The van der Waals surface area contributed by atoms with Crippen LogP contribution >= 0.6 is 0 Å². The van der Waals surface area contributed by atoms with Crippen molar-refractivity contribution < 1.29 is 18.0 Å². The molecule has 1 aromatic heterocycles. The summed E-state index contributed by atoms with van der Waals surface area (Å²) in [6.07, 6.45) is -2.38. The predicted octanol–water partition coefficient (Wildman–Crippen LogP) is 2.85. The summed E-state index contributed by atoms with van der Waals surface area (Å²) in [5.74, 6) is -0.116. The molecule has 1 aliphatic rings. The number of para-hydroxylation sites is 1. The average Bonchev–Trinajstić information content (AvgIpc) is 3.16. The molecule has 0 fully saturated rings. The molecule has 0 aliphatic carbocycles. The van der Waals surface area contributed by atoms with Gasteiger partial charge in [0.2, 0.25) is 5.91 Å². The van der Waals surface area contributed by atoms with Crippen LogP contribution in [0.3, 0.4) is 0 Å². The Kier molecular flexibility index (Phi) is 4.79. The van der Waals surface area contributed by atoms with Gasteiger partial charge in [-0.15, -0.1) is 0 Å². The number of hydrogen-bond acceptors (Lipinski definition) is 3. The molecule has 0 radical (unpaired) electrons. The van der Waals surface area contributed by atoms with Gasteiger partial charge in [0.1, 0.15) is 0 Å². The number of benzene rings is 1. The van der Waals surface area contributed by atoms with E-state index >= 15 is 0 Å². The first-order chi connectivity index (χ1) is 12.2. The zero-order chi connectivity index (χ0) is 19.1. The Bertz CT molecular complexity index is 815. The Labute approximate surface area is 150 Å². The first-order valence-corrected chi connectivity index (χ1v) is 8.37. The van der Waals surface area contributed by atoms with E-state index in [1.807, 2.05) is 24.3 Å². The molecule has 1 amide bonds. The first-order valence-electron chi connectivity index (χ1n) is 8.37. The Hall–Kier alpha value is -2.35. The van der Waals surface area contributed by atoms with Gasteiger partial charge in [-0.2, -0.15) is 18.3 Å². The minimum absolute atomic E-state index is 0.00885. The van der Waals surface area contributed by atoms with Crippen LogP contribution in [-0.4, -0.2) is 40.2 Å². The Morgan fingerprint density at radius 2 is 2.04 bits per heavy atom. The number of carbonyl (C=O) groups is 1. The van der Waals surface area contributed by atoms with Crippen LogP contribution in [0.1, 0.15) is 23.7 Å². The third-order valence-electron chi connectivity index (χ3n) is 4.76. The van der Waals surface area contributed by atoms with E-state index in [0.717, 1.165) is 22.4 Å². The highest BCUT2D eigenvalue weighted by Crippen LogP contribution is 2.32. The van der Waals surface area contributed by atoms with Crippen LogP contribution in [-0.2, 0) is 31.0 Å². The van der Waals surface area contributed by atoms with Crippen molar-refractivity contribution in [2.75, 3.05) is 18.5 Å². The van der Waals surface area contributed by atoms with Crippen LogP contribution in [0.5, 0.6) is 0 Å². The van der Waals surface area contributed by atoms with E-state index in [1.54, 1.807) is 23.8 Å². The van der Waals surface area contributed by atoms with E-state index in [2.05, 4.69) is 5.10 Å². The Balaban J connectivity index is 1.75. The van der Waals surface area contributed by atoms with Gasteiger partial charge in [-0.05, 0) is 32.0 Å². The third kappa shape index (κ3) is 3.46. The van der Waals surface area contributed by atoms with E-state index in [9.17, 15) is 18.0 Å². The fourth-order valence-corrected chi connectivity index (χ4v) is 3.28. The van der Waals surface area contributed by atoms with Gasteiger partial charge in [-0.25, -0.2) is 0 Å². The van der Waals surface area contributed by atoms with Gasteiger partial charge in [-0.3, -0.25) is 14.4 Å². The van der Waals surface area contributed by atoms with Crippen molar-refractivity contribution in [3.05, 3.63) is 47.3 Å². The van der Waals surface area contributed by atoms with Crippen LogP contribution in [0.4, 0.5) is 18.9 Å². The number of halogens is 3. The molecule has 2 aromatic rings. The Morgan fingerprint density at radius 1 is 1.35 bits per heavy atom. The molecule has 0 spiro atoms. The topological polar surface area (TPSA) is 41.4 Å². The van der Waals surface area contributed by atoms with E-state index < -0.39 is 17.9 Å². The van der Waals surface area contributed by atoms with Gasteiger partial charge < -0.3 is 4.90 Å². The average molecular weight is 366 g/mol. The summed E-state index contributed by atoms with van der Waals surface area (Å²) in [7, 11) is 3.10. The number of nitrogens with zero attached hydrogens (tertiary/aromatic N) is 4. The molecule has 26 heavy (non-hydrogen) atoms. The minimum Gasteiger partial charge on any atom is -0.310 e. The second kappa shape index (κ2) is 6.75. The largest absolute Gasteiger partial charge is 0.435 e. The van der Waals surface area contributed by atoms with Crippen LogP contribution in [0.15, 0.2) is 30.5 Å². The van der Waals surface area contributed by atoms with Gasteiger partial charge in [0.05, 0.1) is 6.04 Å². The SMILES string of the molecule is CC(C(=O)N1CCc2ccccc21)N(C)Cc1cn(C)nc1C(F)(F)F. The molecule has 1 aromatic carbocycles. The highest BCUT2D eigenvalue weighted by molar-refractivity contribution is 5.98. The second-order valence-electron chi connectivity index (χ2n) is 6.63. The molecule has 5 nitrogen and oxygen atoms in total. The van der Waals surface area contributed by atoms with Crippen molar-refractivity contribution in [2.45, 2.75) is 32.1 Å². The van der Waals surface area contributed by atoms with Crippen LogP contribution < -0.4 is 4.90 Å². The number of amides is 1. The smallest absolute Gasteiger partial charge is 0.310 e. The van der Waals surface area contributed by atoms with Gasteiger partial charge in [0, 0.05) is 37.6 Å². The molecule has 1 unspecified atom stereocenters. The lowest BCUT2D eigenvalue weighted by Gasteiger charge is -2.28. The normalized spacial score (nSPS) is 15.4. The maximum atomic E-state index is 13.1. The van der Waals surface area contributed by atoms with E-state index in [0.29, 0.717) is 6.54 Å². The molecule has 2 heterocycles. The molecule has 0 saturated heterocycles. The number of likely N-dealkylation sites (N-methyl/N-ethyl adjacent to an activating group) is 1. The summed E-state index contributed by atoms with van der Waals surface area (Å²) in [5, 5.41) is 3.52. The van der Waals surface area contributed by atoms with Crippen molar-refractivity contribution in [3.8, 4) is 0 Å². The summed E-state index contributed by atoms with van der Waals surface area (Å²) >= 11 is 0. The molecule has 1 aliphatic heterocycles. The molecule has 0 bridgehead atoms. The summed E-state index contributed by atoms with van der Waals surface area (Å²) < 4.78 is 40.5. The molecule has 140 valence electrons. The van der Waals surface area contributed by atoms with Gasteiger partial charge in [0.25, 0.3) is 0 Å². The number of anilines is 1. The third-order valence-corrected chi connectivity index (χ3v) is 4.76. The van der Waals surface area contributed by atoms with Crippen molar-refractivity contribution in [2.24, 2.45) is 7.05 Å². The summed E-state index contributed by atoms with van der Waals surface area (Å²) in [4.78, 5) is 16.2. The van der Waals surface area contributed by atoms with Crippen LogP contribution in [0, 0.1) is 0 Å². The van der Waals surface area contributed by atoms with Crippen molar-refractivity contribution in [3.63, 3.8) is 0 Å². The summed E-state index contributed by atoms with van der Waals surface area (Å²) in [6.45, 7) is 2.30. The van der Waals surface area contributed by atoms with Crippen LogP contribution in [0.25, 0.3) is 0 Å². The molecular weight excluding hydrogens is 345 g/mol. The number of fused-ring (bicyclic) bond motifs is 1. The maximum absolute atomic E-state index is 13.1. The van der Waals surface area contributed by atoms with Gasteiger partial charge in [-0.1, -0.05) is 18.2 Å². The lowest BCUT2D eigenvalue weighted by Crippen LogP contribution is -2.45. The second-order valence-corrected chi connectivity index (χ2v) is 6.63. The standard InChI is InChI=1S/C18H21F3N4O/c1-12(17(26)25-9-8-13-6-4-5-7-15(13)25)23(2)10-14-11-24(3)22-16(14)18(19,20)21/h4-7,11-12H,8-10H2,1-3H3. The lowest BCUT2D eigenvalue weighted by atomic mass is 10.1. The minimum atomic E-state index is -4.52. The first kappa shape index (κ1) is 18.4. The monoisotopic (exact) mass is 366 g/mol. The number of carbonyl (C=O) groups excluding carboxylic acids is 1. The predicted molar refractivity (Wildman–Crippen MR) is 91.6 cm³/mol. The molecule has 0 saturated carbocycles. The number of alkyl halides is 3. The molecular formula is C18H21F3N4O. The molecule has 1 atom stereocenters. The Morgan fingerprint density at radius 3 is 2.73 bits per heavy atom. The highest BCUT2D eigenvalue weighted by Gasteiger charge is 2.38. The number of rotatable bonds is 4. The van der Waals surface area contributed by atoms with Crippen LogP contribution in [0.2, 0.25) is 0 Å². The molecule has 0 N–H and O–H groups in total.